The zero-order chi connectivity index (χ0) is 33.7. The molecule has 4 aromatic rings. The number of aliphatic hydroxyl groups excluding tert-OH is 1. The Bertz CT molecular complexity index is 1640. The second kappa shape index (κ2) is 15.2. The molecule has 3 aromatic carbocycles. The molecule has 8 nitrogen and oxygen atoms in total. The summed E-state index contributed by atoms with van der Waals surface area (Å²) in [5, 5.41) is 20.5. The van der Waals surface area contributed by atoms with E-state index in [-0.39, 0.29) is 30.6 Å². The average Bonchev–Trinajstić information content (AvgIpc) is 3.71. The number of carbonyl (C=O) groups excluding carboxylic acids is 1. The van der Waals surface area contributed by atoms with Crippen LogP contribution in [0.5, 0.6) is 5.75 Å². The molecule has 1 N–H and O–H groups in total. The molecule has 0 bridgehead atoms. The molecule has 0 aliphatic carbocycles. The lowest BCUT2D eigenvalue weighted by atomic mass is 9.95. The Labute approximate surface area is 286 Å². The van der Waals surface area contributed by atoms with E-state index >= 15 is 0 Å². The molecule has 6 rings (SSSR count). The highest BCUT2D eigenvalue weighted by Crippen LogP contribution is 2.46. The number of piperidine rings is 1. The number of hydrogen-bond donors (Lipinski definition) is 1. The van der Waals surface area contributed by atoms with Crippen molar-refractivity contribution in [1.82, 2.24) is 15.0 Å². The Balaban J connectivity index is 1.19. The number of nitrogens with zero attached hydrogens (tertiary/aromatic N) is 4. The third-order valence-corrected chi connectivity index (χ3v) is 15.2. The lowest BCUT2D eigenvalue weighted by Gasteiger charge is -2.36. The van der Waals surface area contributed by atoms with E-state index in [0.29, 0.717) is 24.4 Å². The van der Waals surface area contributed by atoms with Crippen molar-refractivity contribution >= 4 is 24.9 Å². The highest BCUT2D eigenvalue weighted by molar-refractivity contribution is 6.91. The van der Waals surface area contributed by atoms with Gasteiger partial charge in [-0.15, -0.1) is 5.10 Å². The second-order valence-corrected chi connectivity index (χ2v) is 18.8. The first-order valence-electron chi connectivity index (χ1n) is 17.5. The van der Waals surface area contributed by atoms with Gasteiger partial charge < -0.3 is 19.5 Å². The van der Waals surface area contributed by atoms with E-state index in [0.717, 1.165) is 61.3 Å². The largest absolute Gasteiger partial charge is 0.497 e. The topological polar surface area (TPSA) is 89.7 Å². The van der Waals surface area contributed by atoms with E-state index in [2.05, 4.69) is 78.9 Å². The summed E-state index contributed by atoms with van der Waals surface area (Å²) in [4.78, 5) is 14.5. The van der Waals surface area contributed by atoms with Gasteiger partial charge in [0.05, 0.1) is 45.6 Å². The molecule has 0 saturated carbocycles. The van der Waals surface area contributed by atoms with Crippen molar-refractivity contribution in [1.29, 1.82) is 0 Å². The van der Waals surface area contributed by atoms with E-state index in [4.69, 9.17) is 9.47 Å². The van der Waals surface area contributed by atoms with Crippen molar-refractivity contribution < 1.29 is 19.4 Å². The van der Waals surface area contributed by atoms with Crippen LogP contribution in [-0.2, 0) is 22.5 Å². The van der Waals surface area contributed by atoms with Crippen molar-refractivity contribution in [2.45, 2.75) is 88.8 Å². The molecule has 0 spiro atoms. The molecule has 254 valence electrons. The van der Waals surface area contributed by atoms with Crippen molar-refractivity contribution in [2.24, 2.45) is 5.92 Å². The predicted molar refractivity (Wildman–Crippen MR) is 193 cm³/mol. The van der Waals surface area contributed by atoms with Crippen LogP contribution in [0.25, 0.3) is 0 Å². The highest BCUT2D eigenvalue weighted by Gasteiger charge is 2.50. The Morgan fingerprint density at radius 3 is 2.52 bits per heavy atom. The normalized spacial score (nSPS) is 22.2. The van der Waals surface area contributed by atoms with Crippen molar-refractivity contribution in [3.05, 3.63) is 102 Å². The van der Waals surface area contributed by atoms with Crippen LogP contribution in [0.1, 0.15) is 61.8 Å². The molecule has 1 unspecified atom stereocenters. The molecule has 2 aliphatic rings. The quantitative estimate of drug-likeness (QED) is 0.168. The summed E-state index contributed by atoms with van der Waals surface area (Å²) in [5.41, 5.74) is 4.48. The Hall–Kier alpha value is -3.79. The molecule has 2 saturated heterocycles. The first-order valence-corrected chi connectivity index (χ1v) is 20.6. The predicted octanol–water partition coefficient (Wildman–Crippen LogP) is 6.34. The van der Waals surface area contributed by atoms with E-state index in [1.54, 1.807) is 7.11 Å². The number of anilines is 1. The molecule has 1 amide bonds. The van der Waals surface area contributed by atoms with Crippen LogP contribution >= 0.6 is 0 Å². The van der Waals surface area contributed by atoms with Crippen molar-refractivity contribution in [2.75, 3.05) is 25.2 Å². The number of amides is 1. The summed E-state index contributed by atoms with van der Waals surface area (Å²) in [5.74, 6) is 1.29. The molecule has 0 radical (unpaired) electrons. The van der Waals surface area contributed by atoms with Gasteiger partial charge in [-0.2, -0.15) is 0 Å². The van der Waals surface area contributed by atoms with E-state index in [1.165, 1.54) is 10.8 Å². The monoisotopic (exact) mass is 666 g/mol. The fourth-order valence-electron chi connectivity index (χ4n) is 8.08. The van der Waals surface area contributed by atoms with Crippen LogP contribution in [0, 0.1) is 5.92 Å². The van der Waals surface area contributed by atoms with E-state index in [9.17, 15) is 9.90 Å². The Morgan fingerprint density at radius 2 is 1.79 bits per heavy atom. The summed E-state index contributed by atoms with van der Waals surface area (Å²) in [6.45, 7) is 8.82. The van der Waals surface area contributed by atoms with Crippen LogP contribution in [0.3, 0.4) is 0 Å². The van der Waals surface area contributed by atoms with Gasteiger partial charge in [-0.3, -0.25) is 9.48 Å². The van der Waals surface area contributed by atoms with Crippen molar-refractivity contribution in [3.63, 3.8) is 0 Å². The van der Waals surface area contributed by atoms with Gasteiger partial charge in [-0.1, -0.05) is 85.0 Å². The maximum absolute atomic E-state index is 12.6. The standard InChI is InChI=1S/C39H50N4O4Si/c1-28-36(21-16-29-11-10-14-31(25-29)43-23-9-8-15-38(43)45)47-37(39(28)48(3,4)33-19-17-32(46-2)18-20-33)22-24-42-26-35(40-41-42)34(27-44)30-12-6-5-7-13-30/h5-7,10-14,17-20,25-26,28,34,36-37,39,44H,8-9,15-16,21-24,27H2,1-4H3/t28-,34?,36+,37-,39+/m1/s1. The van der Waals surface area contributed by atoms with Crippen LogP contribution in [0.2, 0.25) is 18.6 Å². The number of rotatable bonds is 13. The first kappa shape index (κ1) is 34.1. The Morgan fingerprint density at radius 1 is 1.00 bits per heavy atom. The number of aryl methyl sites for hydroxylation is 2. The summed E-state index contributed by atoms with van der Waals surface area (Å²) >= 11 is 0. The molecule has 9 heteroatoms. The lowest BCUT2D eigenvalue weighted by Crippen LogP contribution is -2.50. The number of ether oxygens (including phenoxy) is 2. The fraction of sp³-hybridized carbons (Fsp3) is 0.462. The SMILES string of the molecule is COc1ccc([Si](C)(C)[C@H]2[C@H](C)[C@H](CCc3cccc(N4CCCCC4=O)c3)O[C@@H]2CCn2cc(C(CO)c3ccccc3)nn2)cc1. The van der Waals surface area contributed by atoms with Crippen LogP contribution < -0.4 is 14.8 Å². The van der Waals surface area contributed by atoms with Gasteiger partial charge in [-0.25, -0.2) is 0 Å². The molecule has 5 atom stereocenters. The molecule has 2 fully saturated rings. The van der Waals surface area contributed by atoms with Gasteiger partial charge in [0, 0.05) is 31.4 Å². The molecular formula is C39H50N4O4Si. The highest BCUT2D eigenvalue weighted by atomic mass is 28.3. The fourth-order valence-corrected chi connectivity index (χ4v) is 12.2. The molecular weight excluding hydrogens is 617 g/mol. The first-order chi connectivity index (χ1) is 23.3. The van der Waals surface area contributed by atoms with Crippen LogP contribution in [-0.4, -0.2) is 66.6 Å². The number of aromatic nitrogens is 3. The third kappa shape index (κ3) is 7.43. The van der Waals surface area contributed by atoms with Crippen molar-refractivity contribution in [3.8, 4) is 5.75 Å². The molecule has 1 aromatic heterocycles. The Kier molecular flexibility index (Phi) is 10.8. The van der Waals surface area contributed by atoms with Gasteiger partial charge in [0.1, 0.15) is 5.75 Å². The number of benzene rings is 3. The zero-order valence-electron chi connectivity index (χ0n) is 28.8. The minimum atomic E-state index is -2.00. The molecule has 2 aliphatic heterocycles. The van der Waals surface area contributed by atoms with Crippen LogP contribution in [0.4, 0.5) is 5.69 Å². The minimum absolute atomic E-state index is 0.0192. The second-order valence-electron chi connectivity index (χ2n) is 14.1. The minimum Gasteiger partial charge on any atom is -0.497 e. The zero-order valence-corrected chi connectivity index (χ0v) is 29.8. The smallest absolute Gasteiger partial charge is 0.226 e. The van der Waals surface area contributed by atoms with Gasteiger partial charge in [0.25, 0.3) is 0 Å². The van der Waals surface area contributed by atoms with Crippen LogP contribution in [0.15, 0.2) is 85.1 Å². The van der Waals surface area contributed by atoms with E-state index < -0.39 is 8.07 Å². The van der Waals surface area contributed by atoms with Gasteiger partial charge in [-0.05, 0) is 79.0 Å². The lowest BCUT2D eigenvalue weighted by molar-refractivity contribution is -0.119. The van der Waals surface area contributed by atoms with E-state index in [1.807, 2.05) is 46.1 Å². The number of hydrogen-bond acceptors (Lipinski definition) is 6. The molecule has 48 heavy (non-hydrogen) atoms. The van der Waals surface area contributed by atoms with Gasteiger partial charge >= 0.3 is 0 Å². The number of carbonyl (C=O) groups is 1. The maximum atomic E-state index is 12.6. The third-order valence-electron chi connectivity index (χ3n) is 10.8. The summed E-state index contributed by atoms with van der Waals surface area (Å²) < 4.78 is 14.4. The number of aliphatic hydroxyl groups is 1. The summed E-state index contributed by atoms with van der Waals surface area (Å²) in [7, 11) is -0.290. The summed E-state index contributed by atoms with van der Waals surface area (Å²) in [6, 6.07) is 27.2. The molecule has 3 heterocycles. The summed E-state index contributed by atoms with van der Waals surface area (Å²) in [6.07, 6.45) is 7.55. The average molecular weight is 667 g/mol. The maximum Gasteiger partial charge on any atom is 0.226 e. The van der Waals surface area contributed by atoms with Gasteiger partial charge in [0.15, 0.2) is 0 Å². The number of methoxy groups -OCH3 is 1. The van der Waals surface area contributed by atoms with Gasteiger partial charge in [0.2, 0.25) is 5.91 Å².